The Morgan fingerprint density at radius 1 is 1.00 bits per heavy atom. The number of benzene rings is 1. The first-order valence-electron chi connectivity index (χ1n) is 12.1. The van der Waals surface area contributed by atoms with Crippen molar-refractivity contribution in [3.63, 3.8) is 0 Å². The number of nitrogens with one attached hydrogen (secondary N) is 1. The van der Waals surface area contributed by atoms with E-state index >= 15 is 0 Å². The van der Waals surface area contributed by atoms with E-state index in [1.807, 2.05) is 0 Å². The molecule has 1 N–H and O–H groups in total. The third-order valence-electron chi connectivity index (χ3n) is 7.64. The highest BCUT2D eigenvalue weighted by Crippen LogP contribution is 2.34. The van der Waals surface area contributed by atoms with Crippen molar-refractivity contribution in [1.82, 2.24) is 9.80 Å². The van der Waals surface area contributed by atoms with E-state index in [1.54, 1.807) is 11.8 Å². The number of piperidine rings is 2. The minimum atomic E-state index is 0.419. The highest BCUT2D eigenvalue weighted by Gasteiger charge is 2.32. The van der Waals surface area contributed by atoms with Gasteiger partial charge in [0, 0.05) is 43.2 Å². The number of thiocarbonyl (C=S) groups is 1. The van der Waals surface area contributed by atoms with Crippen molar-refractivity contribution >= 4 is 40.7 Å². The molecule has 4 rings (SSSR count). The zero-order valence-electron chi connectivity index (χ0n) is 18.9. The summed E-state index contributed by atoms with van der Waals surface area (Å²) < 4.78 is 0. The molecule has 0 radical (unpaired) electrons. The van der Waals surface area contributed by atoms with Gasteiger partial charge in [-0.25, -0.2) is 0 Å². The van der Waals surface area contributed by atoms with E-state index in [-0.39, 0.29) is 0 Å². The zero-order valence-corrected chi connectivity index (χ0v) is 20.5. The maximum absolute atomic E-state index is 12.6. The fraction of sp³-hybridized carbons (Fsp3) is 0.680. The average Bonchev–Trinajstić information content (AvgIpc) is 3.32. The molecule has 1 amide bonds. The van der Waals surface area contributed by atoms with Gasteiger partial charge < -0.3 is 15.1 Å². The number of amides is 1. The minimum Gasteiger partial charge on any atom is -0.349 e. The van der Waals surface area contributed by atoms with Gasteiger partial charge in [0.2, 0.25) is 5.91 Å². The second-order valence-corrected chi connectivity index (χ2v) is 10.8. The van der Waals surface area contributed by atoms with Crippen LogP contribution >= 0.6 is 24.0 Å². The predicted molar refractivity (Wildman–Crippen MR) is 135 cm³/mol. The topological polar surface area (TPSA) is 35.6 Å². The Labute approximate surface area is 197 Å². The molecule has 0 spiro atoms. The minimum absolute atomic E-state index is 0.419. The van der Waals surface area contributed by atoms with Gasteiger partial charge in [0.15, 0.2) is 5.11 Å². The average molecular weight is 460 g/mol. The first-order chi connectivity index (χ1) is 15.1. The van der Waals surface area contributed by atoms with Crippen LogP contribution in [0.15, 0.2) is 29.2 Å². The fourth-order valence-corrected chi connectivity index (χ4v) is 6.45. The third kappa shape index (κ3) is 6.16. The molecule has 2 aliphatic heterocycles. The Morgan fingerprint density at radius 3 is 2.23 bits per heavy atom. The van der Waals surface area contributed by atoms with Crippen LogP contribution in [0.1, 0.15) is 57.8 Å². The largest absolute Gasteiger partial charge is 0.349 e. The summed E-state index contributed by atoms with van der Waals surface area (Å²) in [6.45, 7) is 4.03. The first kappa shape index (κ1) is 22.9. The van der Waals surface area contributed by atoms with Crippen LogP contribution in [0.5, 0.6) is 0 Å². The van der Waals surface area contributed by atoms with Crippen molar-refractivity contribution in [2.45, 2.75) is 62.7 Å². The predicted octanol–water partition coefficient (Wildman–Crippen LogP) is 5.64. The number of hydrogen-bond acceptors (Lipinski definition) is 3. The molecule has 3 fully saturated rings. The normalized spacial score (nSPS) is 21.5. The Bertz CT molecular complexity index is 749. The quantitative estimate of drug-likeness (QED) is 0.456. The lowest BCUT2D eigenvalue weighted by Gasteiger charge is -2.41. The molecule has 0 bridgehead atoms. The van der Waals surface area contributed by atoms with Crippen LogP contribution in [0, 0.1) is 17.8 Å². The molecule has 31 heavy (non-hydrogen) atoms. The number of thioether (sulfide) groups is 1. The molecule has 1 saturated carbocycles. The number of hydrogen-bond donors (Lipinski definition) is 1. The Balaban J connectivity index is 1.18. The summed E-state index contributed by atoms with van der Waals surface area (Å²) in [4.78, 5) is 18.4. The van der Waals surface area contributed by atoms with Crippen molar-refractivity contribution in [2.75, 3.05) is 37.8 Å². The maximum atomic E-state index is 12.6. The second-order valence-electron chi connectivity index (χ2n) is 9.56. The van der Waals surface area contributed by atoms with Crippen LogP contribution in [-0.2, 0) is 4.79 Å². The maximum Gasteiger partial charge on any atom is 0.222 e. The van der Waals surface area contributed by atoms with Crippen molar-refractivity contribution in [1.29, 1.82) is 0 Å². The molecule has 2 heterocycles. The molecule has 170 valence electrons. The highest BCUT2D eigenvalue weighted by molar-refractivity contribution is 7.98. The van der Waals surface area contributed by atoms with Crippen LogP contribution in [0.2, 0.25) is 0 Å². The van der Waals surface area contributed by atoms with Crippen molar-refractivity contribution in [3.05, 3.63) is 24.3 Å². The Hall–Kier alpha value is -1.27. The zero-order chi connectivity index (χ0) is 21.6. The lowest BCUT2D eigenvalue weighted by molar-refractivity contribution is -0.133. The lowest BCUT2D eigenvalue weighted by atomic mass is 9.78. The number of carbonyl (C=O) groups is 1. The SMILES string of the molecule is CSc1cccc(NC(=S)N2CCC(C3CCN(C(=O)CC4CCCC4)CC3)CC2)c1. The summed E-state index contributed by atoms with van der Waals surface area (Å²) in [6.07, 6.45) is 12.9. The third-order valence-corrected chi connectivity index (χ3v) is 8.73. The van der Waals surface area contributed by atoms with E-state index in [2.05, 4.69) is 45.6 Å². The smallest absolute Gasteiger partial charge is 0.222 e. The Morgan fingerprint density at radius 2 is 1.61 bits per heavy atom. The second kappa shape index (κ2) is 11.0. The van der Waals surface area contributed by atoms with Crippen LogP contribution in [0.4, 0.5) is 5.69 Å². The molecule has 0 unspecified atom stereocenters. The monoisotopic (exact) mass is 459 g/mol. The molecule has 6 heteroatoms. The summed E-state index contributed by atoms with van der Waals surface area (Å²) in [7, 11) is 0. The number of nitrogens with zero attached hydrogens (tertiary/aromatic N) is 2. The fourth-order valence-electron chi connectivity index (χ4n) is 5.69. The molecular formula is C25H37N3OS2. The molecule has 1 aliphatic carbocycles. The van der Waals surface area contributed by atoms with Gasteiger partial charge in [0.05, 0.1) is 0 Å². The molecule has 2 saturated heterocycles. The molecule has 0 atom stereocenters. The molecule has 3 aliphatic rings. The van der Waals surface area contributed by atoms with Gasteiger partial charge in [-0.2, -0.15) is 0 Å². The van der Waals surface area contributed by atoms with E-state index in [4.69, 9.17) is 12.2 Å². The summed E-state index contributed by atoms with van der Waals surface area (Å²) in [5.74, 6) is 2.64. The van der Waals surface area contributed by atoms with Crippen molar-refractivity contribution < 1.29 is 4.79 Å². The molecular weight excluding hydrogens is 422 g/mol. The molecule has 4 nitrogen and oxygen atoms in total. The Kier molecular flexibility index (Phi) is 8.16. The summed E-state index contributed by atoms with van der Waals surface area (Å²) in [5.41, 5.74) is 1.08. The number of rotatable bonds is 5. The standard InChI is InChI=1S/C25H37N3OS2/c1-31-23-8-4-7-22(18-23)26-25(30)28-15-11-21(12-16-28)20-9-13-27(14-10-20)24(29)17-19-5-2-3-6-19/h4,7-8,18-21H,2-3,5-6,9-17H2,1H3,(H,26,30). The van der Waals surface area contributed by atoms with Gasteiger partial charge >= 0.3 is 0 Å². The first-order valence-corrected chi connectivity index (χ1v) is 13.7. The van der Waals surface area contributed by atoms with Gasteiger partial charge in [-0.15, -0.1) is 11.8 Å². The van der Waals surface area contributed by atoms with Crippen molar-refractivity contribution in [3.8, 4) is 0 Å². The van der Waals surface area contributed by atoms with E-state index in [0.29, 0.717) is 11.8 Å². The van der Waals surface area contributed by atoms with Gasteiger partial charge in [0.1, 0.15) is 0 Å². The molecule has 1 aromatic rings. The van der Waals surface area contributed by atoms with E-state index in [9.17, 15) is 4.79 Å². The highest BCUT2D eigenvalue weighted by atomic mass is 32.2. The molecule has 1 aromatic carbocycles. The molecule has 0 aromatic heterocycles. The number of likely N-dealkylation sites (tertiary alicyclic amines) is 2. The van der Waals surface area contributed by atoms with Gasteiger partial charge in [-0.05, 0) is 93.0 Å². The van der Waals surface area contributed by atoms with Gasteiger partial charge in [-0.1, -0.05) is 18.9 Å². The van der Waals surface area contributed by atoms with Crippen LogP contribution in [0.25, 0.3) is 0 Å². The van der Waals surface area contributed by atoms with Crippen LogP contribution in [-0.4, -0.2) is 53.3 Å². The van der Waals surface area contributed by atoms with E-state index < -0.39 is 0 Å². The summed E-state index contributed by atoms with van der Waals surface area (Å²) >= 11 is 7.45. The number of carbonyl (C=O) groups excluding carboxylic acids is 1. The van der Waals surface area contributed by atoms with Gasteiger partial charge in [0.25, 0.3) is 0 Å². The lowest BCUT2D eigenvalue weighted by Crippen LogP contribution is -2.45. The van der Waals surface area contributed by atoms with Crippen LogP contribution < -0.4 is 5.32 Å². The van der Waals surface area contributed by atoms with E-state index in [1.165, 1.54) is 56.3 Å². The van der Waals surface area contributed by atoms with Crippen LogP contribution in [0.3, 0.4) is 0 Å². The number of anilines is 1. The van der Waals surface area contributed by atoms with Gasteiger partial charge in [-0.3, -0.25) is 4.79 Å². The summed E-state index contributed by atoms with van der Waals surface area (Å²) in [5, 5.41) is 4.28. The summed E-state index contributed by atoms with van der Waals surface area (Å²) in [6, 6.07) is 8.44. The van der Waals surface area contributed by atoms with Crippen molar-refractivity contribution in [2.24, 2.45) is 17.8 Å². The van der Waals surface area contributed by atoms with E-state index in [0.717, 1.165) is 55.2 Å².